The van der Waals surface area contributed by atoms with Gasteiger partial charge in [0.05, 0.1) is 23.2 Å². The smallest absolute Gasteiger partial charge is 0.275 e. The Labute approximate surface area is 114 Å². The Hall–Kier alpha value is -1.80. The van der Waals surface area contributed by atoms with E-state index in [9.17, 15) is 18.9 Å². The van der Waals surface area contributed by atoms with E-state index in [1.807, 2.05) is 6.92 Å². The third-order valence-electron chi connectivity index (χ3n) is 2.97. The van der Waals surface area contributed by atoms with Crippen LogP contribution < -0.4 is 4.90 Å². The van der Waals surface area contributed by atoms with Crippen LogP contribution in [0.25, 0.3) is 0 Å². The first-order chi connectivity index (χ1) is 9.52. The molecule has 0 aliphatic carbocycles. The SMILES string of the molecule is CCOCOC1CN(c2c(F)cc([N+](=O)[O-])cc2F)C1. The fourth-order valence-corrected chi connectivity index (χ4v) is 1.91. The molecule has 110 valence electrons. The van der Waals surface area contributed by atoms with Crippen LogP contribution in [0.15, 0.2) is 12.1 Å². The molecule has 1 aliphatic rings. The lowest BCUT2D eigenvalue weighted by Crippen LogP contribution is -2.53. The van der Waals surface area contributed by atoms with E-state index in [-0.39, 0.29) is 18.6 Å². The zero-order valence-corrected chi connectivity index (χ0v) is 10.8. The summed E-state index contributed by atoms with van der Waals surface area (Å²) in [4.78, 5) is 11.1. The lowest BCUT2D eigenvalue weighted by Gasteiger charge is -2.40. The van der Waals surface area contributed by atoms with Gasteiger partial charge in [-0.15, -0.1) is 0 Å². The molecule has 1 aromatic rings. The van der Waals surface area contributed by atoms with E-state index in [0.29, 0.717) is 31.8 Å². The van der Waals surface area contributed by atoms with Crippen molar-refractivity contribution in [2.24, 2.45) is 0 Å². The zero-order valence-electron chi connectivity index (χ0n) is 10.8. The molecule has 8 heteroatoms. The molecule has 20 heavy (non-hydrogen) atoms. The Morgan fingerprint density at radius 1 is 1.40 bits per heavy atom. The molecular formula is C12H14F2N2O4. The highest BCUT2D eigenvalue weighted by Gasteiger charge is 2.32. The van der Waals surface area contributed by atoms with Gasteiger partial charge < -0.3 is 14.4 Å². The highest BCUT2D eigenvalue weighted by atomic mass is 19.1. The van der Waals surface area contributed by atoms with E-state index in [0.717, 1.165) is 0 Å². The van der Waals surface area contributed by atoms with E-state index in [4.69, 9.17) is 9.47 Å². The summed E-state index contributed by atoms with van der Waals surface area (Å²) in [5.41, 5.74) is -0.861. The molecular weight excluding hydrogens is 274 g/mol. The van der Waals surface area contributed by atoms with E-state index in [2.05, 4.69) is 0 Å². The van der Waals surface area contributed by atoms with Crippen molar-refractivity contribution < 1.29 is 23.2 Å². The molecule has 0 radical (unpaired) electrons. The van der Waals surface area contributed by atoms with Crippen LogP contribution in [0.1, 0.15) is 6.92 Å². The van der Waals surface area contributed by atoms with Gasteiger partial charge in [0.1, 0.15) is 12.5 Å². The molecule has 0 unspecified atom stereocenters. The van der Waals surface area contributed by atoms with E-state index in [1.54, 1.807) is 0 Å². The van der Waals surface area contributed by atoms with E-state index >= 15 is 0 Å². The molecule has 6 nitrogen and oxygen atoms in total. The van der Waals surface area contributed by atoms with E-state index < -0.39 is 22.2 Å². The van der Waals surface area contributed by atoms with Gasteiger partial charge in [-0.3, -0.25) is 10.1 Å². The van der Waals surface area contributed by atoms with Crippen LogP contribution in [0, 0.1) is 21.7 Å². The number of non-ortho nitro benzene ring substituents is 1. The minimum Gasteiger partial charge on any atom is -0.361 e. The summed E-state index contributed by atoms with van der Waals surface area (Å²) in [6, 6.07) is 1.43. The second-order valence-corrected chi connectivity index (χ2v) is 4.32. The quantitative estimate of drug-likeness (QED) is 0.347. The number of nitro benzene ring substituents is 1. The summed E-state index contributed by atoms with van der Waals surface area (Å²) in [5.74, 6) is -1.89. The Balaban J connectivity index is 2.00. The first-order valence-corrected chi connectivity index (χ1v) is 6.10. The van der Waals surface area contributed by atoms with E-state index in [1.165, 1.54) is 4.90 Å². The Bertz CT molecular complexity index is 483. The normalized spacial score (nSPS) is 15.2. The number of ether oxygens (including phenoxy) is 2. The lowest BCUT2D eigenvalue weighted by molar-refractivity contribution is -0.385. The first kappa shape index (κ1) is 14.6. The highest BCUT2D eigenvalue weighted by Crippen LogP contribution is 2.31. The number of benzene rings is 1. The average molecular weight is 288 g/mol. The van der Waals surface area contributed by atoms with Gasteiger partial charge in [0.2, 0.25) is 0 Å². The second-order valence-electron chi connectivity index (χ2n) is 4.32. The summed E-state index contributed by atoms with van der Waals surface area (Å²) in [7, 11) is 0. The average Bonchev–Trinajstić information content (AvgIpc) is 2.33. The van der Waals surface area contributed by atoms with Crippen molar-refractivity contribution in [2.75, 3.05) is 31.4 Å². The molecule has 0 atom stereocenters. The number of nitrogens with zero attached hydrogens (tertiary/aromatic N) is 2. The van der Waals surface area contributed by atoms with Crippen molar-refractivity contribution >= 4 is 11.4 Å². The maximum absolute atomic E-state index is 13.7. The second kappa shape index (κ2) is 6.10. The molecule has 1 heterocycles. The third-order valence-corrected chi connectivity index (χ3v) is 2.97. The van der Waals surface area contributed by atoms with Gasteiger partial charge in [0.15, 0.2) is 11.6 Å². The molecule has 0 spiro atoms. The van der Waals surface area contributed by atoms with Crippen LogP contribution in [-0.4, -0.2) is 37.5 Å². The van der Waals surface area contributed by atoms with Crippen molar-refractivity contribution in [1.82, 2.24) is 0 Å². The lowest BCUT2D eigenvalue weighted by atomic mass is 10.1. The minimum absolute atomic E-state index is 0.139. The zero-order chi connectivity index (χ0) is 14.7. The van der Waals surface area contributed by atoms with Crippen LogP contribution in [0.4, 0.5) is 20.2 Å². The van der Waals surface area contributed by atoms with Gasteiger partial charge >= 0.3 is 0 Å². The maximum Gasteiger partial charge on any atom is 0.275 e. The van der Waals surface area contributed by atoms with Gasteiger partial charge in [-0.2, -0.15) is 0 Å². The van der Waals surface area contributed by atoms with Crippen LogP contribution in [0.3, 0.4) is 0 Å². The molecule has 0 bridgehead atoms. The molecule has 1 aromatic carbocycles. The first-order valence-electron chi connectivity index (χ1n) is 6.10. The molecule has 1 fully saturated rings. The van der Waals surface area contributed by atoms with Crippen molar-refractivity contribution in [3.63, 3.8) is 0 Å². The fraction of sp³-hybridized carbons (Fsp3) is 0.500. The predicted octanol–water partition coefficient (Wildman–Crippen LogP) is 2.07. The summed E-state index contributed by atoms with van der Waals surface area (Å²) >= 11 is 0. The number of hydrogen-bond donors (Lipinski definition) is 0. The van der Waals surface area contributed by atoms with Crippen molar-refractivity contribution in [3.05, 3.63) is 33.9 Å². The maximum atomic E-state index is 13.7. The largest absolute Gasteiger partial charge is 0.361 e. The number of rotatable bonds is 6. The number of nitro groups is 1. The third kappa shape index (κ3) is 3.02. The summed E-state index contributed by atoms with van der Waals surface area (Å²) in [6.45, 7) is 3.14. The van der Waals surface area contributed by atoms with Crippen LogP contribution in [-0.2, 0) is 9.47 Å². The van der Waals surface area contributed by atoms with Crippen molar-refractivity contribution in [2.45, 2.75) is 13.0 Å². The van der Waals surface area contributed by atoms with Crippen LogP contribution in [0.2, 0.25) is 0 Å². The number of anilines is 1. The molecule has 0 saturated carbocycles. The number of hydrogen-bond acceptors (Lipinski definition) is 5. The highest BCUT2D eigenvalue weighted by molar-refractivity contribution is 5.55. The summed E-state index contributed by atoms with van der Waals surface area (Å²) < 4.78 is 37.8. The topological polar surface area (TPSA) is 64.8 Å². The Kier molecular flexibility index (Phi) is 4.46. The fourth-order valence-electron chi connectivity index (χ4n) is 1.91. The standard InChI is InChI=1S/C12H14F2N2O4/c1-2-19-7-20-9-5-15(6-9)12-10(13)3-8(16(17)18)4-11(12)14/h3-4,9H,2,5-7H2,1H3. The van der Waals surface area contributed by atoms with Gasteiger partial charge in [-0.25, -0.2) is 8.78 Å². The van der Waals surface area contributed by atoms with Gasteiger partial charge in [-0.1, -0.05) is 0 Å². The van der Waals surface area contributed by atoms with Crippen molar-refractivity contribution in [1.29, 1.82) is 0 Å². The molecule has 0 amide bonds. The summed E-state index contributed by atoms with van der Waals surface area (Å²) in [5, 5.41) is 10.5. The molecule has 2 rings (SSSR count). The van der Waals surface area contributed by atoms with Gasteiger partial charge in [0.25, 0.3) is 5.69 Å². The number of halogens is 2. The Morgan fingerprint density at radius 3 is 2.50 bits per heavy atom. The van der Waals surface area contributed by atoms with Crippen molar-refractivity contribution in [3.8, 4) is 0 Å². The summed E-state index contributed by atoms with van der Waals surface area (Å²) in [6.07, 6.45) is -0.157. The van der Waals surface area contributed by atoms with Crippen LogP contribution >= 0.6 is 0 Å². The minimum atomic E-state index is -0.944. The molecule has 0 N–H and O–H groups in total. The van der Waals surface area contributed by atoms with Gasteiger partial charge in [0, 0.05) is 19.7 Å². The molecule has 0 aromatic heterocycles. The monoisotopic (exact) mass is 288 g/mol. The molecule has 1 aliphatic heterocycles. The predicted molar refractivity (Wildman–Crippen MR) is 66.6 cm³/mol. The van der Waals surface area contributed by atoms with Crippen LogP contribution in [0.5, 0.6) is 0 Å². The Morgan fingerprint density at radius 2 is 2.00 bits per heavy atom. The van der Waals surface area contributed by atoms with Gasteiger partial charge in [-0.05, 0) is 6.92 Å². The molecule has 1 saturated heterocycles.